The van der Waals surface area contributed by atoms with Crippen molar-refractivity contribution in [3.05, 3.63) is 267 Å². The highest BCUT2D eigenvalue weighted by molar-refractivity contribution is 6.09. The summed E-state index contributed by atoms with van der Waals surface area (Å²) in [5.41, 5.74) is 18.4. The number of hydrogen-bond donors (Lipinski definition) is 0. The molecule has 12 aromatic rings. The monoisotopic (exact) mass is 840 g/mol. The van der Waals surface area contributed by atoms with Gasteiger partial charge in [0.2, 0.25) is 0 Å². The highest BCUT2D eigenvalue weighted by Gasteiger charge is 2.24. The Morgan fingerprint density at radius 2 is 0.788 bits per heavy atom. The van der Waals surface area contributed by atoms with Gasteiger partial charge in [0.1, 0.15) is 0 Å². The number of benzene rings is 11. The zero-order valence-corrected chi connectivity index (χ0v) is 36.3. The summed E-state index contributed by atoms with van der Waals surface area (Å²) in [5.74, 6) is 0. The lowest BCUT2D eigenvalue weighted by Crippen LogP contribution is -2.13. The Morgan fingerprint density at radius 1 is 0.258 bits per heavy atom. The Bertz CT molecular complexity index is 3640. The van der Waals surface area contributed by atoms with Crippen LogP contribution >= 0.6 is 0 Å². The smallest absolute Gasteiger partial charge is 0.0541 e. The van der Waals surface area contributed by atoms with E-state index in [1.807, 2.05) is 0 Å². The van der Waals surface area contributed by atoms with Crippen molar-refractivity contribution in [3.63, 3.8) is 0 Å². The molecule has 0 fully saturated rings. The molecule has 0 amide bonds. The molecular formula is C64H44N2. The minimum atomic E-state index is 1.06. The van der Waals surface area contributed by atoms with E-state index in [1.54, 1.807) is 0 Å². The molecule has 0 aliphatic heterocycles. The number of nitrogens with zero attached hydrogens (tertiary/aromatic N) is 2. The Kier molecular flexibility index (Phi) is 9.89. The standard InChI is InChI=1S/C64H44N2/c1-4-20-45(21-5-1)49-38-41-64(59(43-49)48-24-8-3-9-25-48)66(52-39-40-54(46-22-6-2-7-23-46)60(44-52)56-34-19-27-47-26-10-11-30-53(47)56)61-35-15-12-31-55(61)50-28-18-29-51(42-50)65-62-36-16-13-32-57(62)58-33-14-17-37-63(58)65/h1-44H. The van der Waals surface area contributed by atoms with Crippen LogP contribution in [-0.4, -0.2) is 4.57 Å². The molecule has 2 heteroatoms. The number of fused-ring (bicyclic) bond motifs is 4. The van der Waals surface area contributed by atoms with Gasteiger partial charge in [-0.3, -0.25) is 0 Å². The van der Waals surface area contributed by atoms with Gasteiger partial charge in [0.15, 0.2) is 0 Å². The predicted octanol–water partition coefficient (Wildman–Crippen LogP) is 17.7. The summed E-state index contributed by atoms with van der Waals surface area (Å²) >= 11 is 0. The molecule has 0 atom stereocenters. The first-order valence-electron chi connectivity index (χ1n) is 22.7. The van der Waals surface area contributed by atoms with Gasteiger partial charge in [0, 0.05) is 33.3 Å². The lowest BCUT2D eigenvalue weighted by atomic mass is 9.90. The van der Waals surface area contributed by atoms with E-state index in [9.17, 15) is 0 Å². The van der Waals surface area contributed by atoms with Crippen LogP contribution in [0.2, 0.25) is 0 Å². The summed E-state index contributed by atoms with van der Waals surface area (Å²) in [5, 5.41) is 4.93. The van der Waals surface area contributed by atoms with Crippen LogP contribution in [0.3, 0.4) is 0 Å². The average Bonchev–Trinajstić information content (AvgIpc) is 3.74. The molecule has 0 spiro atoms. The van der Waals surface area contributed by atoms with Crippen LogP contribution in [0.15, 0.2) is 267 Å². The Hall–Kier alpha value is -8.72. The highest BCUT2D eigenvalue weighted by Crippen LogP contribution is 2.48. The van der Waals surface area contributed by atoms with Crippen LogP contribution < -0.4 is 4.90 Å². The number of hydrogen-bond acceptors (Lipinski definition) is 1. The van der Waals surface area contributed by atoms with Gasteiger partial charge in [-0.1, -0.05) is 212 Å². The van der Waals surface area contributed by atoms with Crippen LogP contribution in [0, 0.1) is 0 Å². The molecule has 1 heterocycles. The fourth-order valence-electron chi connectivity index (χ4n) is 9.95. The fourth-order valence-corrected chi connectivity index (χ4v) is 9.95. The van der Waals surface area contributed by atoms with Crippen molar-refractivity contribution in [2.24, 2.45) is 0 Å². The third kappa shape index (κ3) is 6.93. The summed E-state index contributed by atoms with van der Waals surface area (Å²) < 4.78 is 2.41. The van der Waals surface area contributed by atoms with Crippen LogP contribution in [0.1, 0.15) is 0 Å². The van der Waals surface area contributed by atoms with Crippen molar-refractivity contribution in [1.29, 1.82) is 0 Å². The summed E-state index contributed by atoms with van der Waals surface area (Å²) in [7, 11) is 0. The second kappa shape index (κ2) is 16.8. The van der Waals surface area contributed by atoms with Crippen LogP contribution in [0.5, 0.6) is 0 Å². The van der Waals surface area contributed by atoms with Crippen LogP contribution in [-0.2, 0) is 0 Å². The van der Waals surface area contributed by atoms with Crippen molar-refractivity contribution in [2.75, 3.05) is 4.90 Å². The molecule has 0 saturated heterocycles. The molecule has 1 aromatic heterocycles. The number of rotatable bonds is 9. The zero-order valence-electron chi connectivity index (χ0n) is 36.3. The average molecular weight is 841 g/mol. The Morgan fingerprint density at radius 3 is 1.52 bits per heavy atom. The molecule has 0 radical (unpaired) electrons. The highest BCUT2D eigenvalue weighted by atomic mass is 15.1. The normalized spacial score (nSPS) is 11.3. The minimum Gasteiger partial charge on any atom is -0.309 e. The van der Waals surface area contributed by atoms with Crippen molar-refractivity contribution in [2.45, 2.75) is 0 Å². The number of para-hydroxylation sites is 3. The third-order valence-corrected chi connectivity index (χ3v) is 13.0. The summed E-state index contributed by atoms with van der Waals surface area (Å²) in [6.45, 7) is 0. The topological polar surface area (TPSA) is 8.17 Å². The quantitative estimate of drug-likeness (QED) is 0.141. The van der Waals surface area contributed by atoms with Crippen LogP contribution in [0.25, 0.3) is 93.9 Å². The molecule has 0 aliphatic rings. The molecule has 12 rings (SSSR count). The van der Waals surface area contributed by atoms with Gasteiger partial charge < -0.3 is 9.47 Å². The van der Waals surface area contributed by atoms with E-state index < -0.39 is 0 Å². The SMILES string of the molecule is c1ccc(-c2ccc(N(c3ccc(-c4ccccc4)c(-c4cccc5ccccc45)c3)c3ccccc3-c3cccc(-n4c5ccccc5c5ccccc54)c3)c(-c3ccccc3)c2)cc1. The molecule has 0 bridgehead atoms. The second-order valence-electron chi connectivity index (χ2n) is 16.9. The summed E-state index contributed by atoms with van der Waals surface area (Å²) in [6.07, 6.45) is 0. The minimum absolute atomic E-state index is 1.06. The molecular weight excluding hydrogens is 797 g/mol. The van der Waals surface area contributed by atoms with E-state index >= 15 is 0 Å². The van der Waals surface area contributed by atoms with Gasteiger partial charge in [0.05, 0.1) is 22.4 Å². The number of anilines is 3. The Balaban J connectivity index is 1.13. The summed E-state index contributed by atoms with van der Waals surface area (Å²) in [4.78, 5) is 2.49. The first kappa shape index (κ1) is 38.9. The van der Waals surface area contributed by atoms with Gasteiger partial charge in [-0.15, -0.1) is 0 Å². The van der Waals surface area contributed by atoms with Crippen LogP contribution in [0.4, 0.5) is 17.1 Å². The third-order valence-electron chi connectivity index (χ3n) is 13.0. The molecule has 0 aliphatic carbocycles. The number of aromatic nitrogens is 1. The lowest BCUT2D eigenvalue weighted by Gasteiger charge is -2.31. The molecule has 11 aromatic carbocycles. The van der Waals surface area contributed by atoms with E-state index in [4.69, 9.17) is 0 Å². The van der Waals surface area contributed by atoms with Gasteiger partial charge in [0.25, 0.3) is 0 Å². The lowest BCUT2D eigenvalue weighted by molar-refractivity contribution is 1.18. The molecule has 66 heavy (non-hydrogen) atoms. The zero-order chi connectivity index (χ0) is 43.8. The van der Waals surface area contributed by atoms with Gasteiger partial charge in [-0.25, -0.2) is 0 Å². The second-order valence-corrected chi connectivity index (χ2v) is 16.9. The fraction of sp³-hybridized carbons (Fsp3) is 0. The van der Waals surface area contributed by atoms with E-state index in [-0.39, 0.29) is 0 Å². The van der Waals surface area contributed by atoms with Gasteiger partial charge in [-0.05, 0) is 110 Å². The van der Waals surface area contributed by atoms with Crippen molar-refractivity contribution in [1.82, 2.24) is 4.57 Å². The molecule has 310 valence electrons. The molecule has 2 nitrogen and oxygen atoms in total. The Labute approximate surface area is 385 Å². The maximum absolute atomic E-state index is 2.49. The molecule has 0 N–H and O–H groups in total. The van der Waals surface area contributed by atoms with Crippen molar-refractivity contribution < 1.29 is 0 Å². The maximum atomic E-state index is 2.49. The van der Waals surface area contributed by atoms with E-state index in [2.05, 4.69) is 276 Å². The van der Waals surface area contributed by atoms with Crippen molar-refractivity contribution in [3.8, 4) is 61.3 Å². The predicted molar refractivity (Wildman–Crippen MR) is 280 cm³/mol. The molecule has 0 unspecified atom stereocenters. The van der Waals surface area contributed by atoms with Crippen molar-refractivity contribution >= 4 is 49.6 Å². The summed E-state index contributed by atoms with van der Waals surface area (Å²) in [6, 6.07) is 97.1. The molecule has 0 saturated carbocycles. The van der Waals surface area contributed by atoms with E-state index in [0.29, 0.717) is 0 Å². The maximum Gasteiger partial charge on any atom is 0.0541 e. The van der Waals surface area contributed by atoms with E-state index in [1.165, 1.54) is 66.0 Å². The first-order valence-corrected chi connectivity index (χ1v) is 22.7. The van der Waals surface area contributed by atoms with Gasteiger partial charge >= 0.3 is 0 Å². The largest absolute Gasteiger partial charge is 0.309 e. The van der Waals surface area contributed by atoms with Gasteiger partial charge in [-0.2, -0.15) is 0 Å². The first-order chi connectivity index (χ1) is 32.8. The van der Waals surface area contributed by atoms with E-state index in [0.717, 1.165) is 45.0 Å².